The van der Waals surface area contributed by atoms with Crippen LogP contribution in [0.4, 0.5) is 5.00 Å². The van der Waals surface area contributed by atoms with E-state index in [1.807, 2.05) is 44.2 Å². The number of anilines is 1. The first-order chi connectivity index (χ1) is 15.4. The molecule has 1 N–H and O–H groups in total. The van der Waals surface area contributed by atoms with Crippen LogP contribution in [0.2, 0.25) is 0 Å². The molecule has 0 radical (unpaired) electrons. The quantitative estimate of drug-likeness (QED) is 0.603. The molecule has 1 aromatic carbocycles. The molecule has 2 heterocycles. The highest BCUT2D eigenvalue weighted by molar-refractivity contribution is 7.16. The number of nitrogens with one attached hydrogen (secondary N) is 1. The lowest BCUT2D eigenvalue weighted by Crippen LogP contribution is -2.43. The molecule has 0 aliphatic carbocycles. The fourth-order valence-corrected chi connectivity index (χ4v) is 5.01. The molecule has 1 fully saturated rings. The number of amides is 2. The van der Waals surface area contributed by atoms with Crippen LogP contribution < -0.4 is 10.1 Å². The first kappa shape index (κ1) is 23.8. The van der Waals surface area contributed by atoms with Crippen LogP contribution in [0.3, 0.4) is 0 Å². The molecular formula is C24H30N2O5S. The predicted molar refractivity (Wildman–Crippen MR) is 124 cm³/mol. The summed E-state index contributed by atoms with van der Waals surface area (Å²) in [7, 11) is 0. The van der Waals surface area contributed by atoms with Gasteiger partial charge in [-0.05, 0) is 50.8 Å². The Morgan fingerprint density at radius 2 is 1.81 bits per heavy atom. The van der Waals surface area contributed by atoms with Crippen LogP contribution in [0.25, 0.3) is 0 Å². The van der Waals surface area contributed by atoms with Crippen molar-refractivity contribution in [1.29, 1.82) is 0 Å². The van der Waals surface area contributed by atoms with Crippen molar-refractivity contribution in [3.8, 4) is 5.75 Å². The molecule has 1 saturated heterocycles. The molecule has 2 amide bonds. The largest absolute Gasteiger partial charge is 0.484 e. The van der Waals surface area contributed by atoms with Crippen molar-refractivity contribution in [2.75, 3.05) is 31.6 Å². The van der Waals surface area contributed by atoms with Crippen LogP contribution in [0, 0.1) is 12.8 Å². The van der Waals surface area contributed by atoms with Crippen molar-refractivity contribution in [1.82, 2.24) is 4.90 Å². The van der Waals surface area contributed by atoms with Gasteiger partial charge in [-0.3, -0.25) is 9.59 Å². The van der Waals surface area contributed by atoms with Crippen molar-refractivity contribution < 1.29 is 23.9 Å². The standard InChI is InChI=1S/C24H30N2O5S/c1-4-19-16(3)32-23(21(19)24(29)30-5-2)25-22(28)17-11-13-26(14-12-17)20(27)15-31-18-9-7-6-8-10-18/h6-10,17H,4-5,11-15H2,1-3H3,(H,25,28). The van der Waals surface area contributed by atoms with E-state index in [2.05, 4.69) is 5.32 Å². The normalized spacial score (nSPS) is 14.2. The van der Waals surface area contributed by atoms with E-state index in [0.717, 1.165) is 10.4 Å². The van der Waals surface area contributed by atoms with E-state index < -0.39 is 5.97 Å². The number of thiophene rings is 1. The number of para-hydroxylation sites is 1. The van der Waals surface area contributed by atoms with Gasteiger partial charge in [0.05, 0.1) is 12.2 Å². The summed E-state index contributed by atoms with van der Waals surface area (Å²) in [6, 6.07) is 9.22. The van der Waals surface area contributed by atoms with Gasteiger partial charge in [0.1, 0.15) is 10.8 Å². The second-order valence-electron chi connectivity index (χ2n) is 7.66. The highest BCUT2D eigenvalue weighted by atomic mass is 32.1. The van der Waals surface area contributed by atoms with Crippen molar-refractivity contribution >= 4 is 34.1 Å². The van der Waals surface area contributed by atoms with Gasteiger partial charge in [0.25, 0.3) is 5.91 Å². The average molecular weight is 459 g/mol. The van der Waals surface area contributed by atoms with Crippen molar-refractivity contribution in [2.45, 2.75) is 40.0 Å². The van der Waals surface area contributed by atoms with Gasteiger partial charge in [0.2, 0.25) is 5.91 Å². The minimum Gasteiger partial charge on any atom is -0.484 e. The van der Waals surface area contributed by atoms with E-state index in [1.165, 1.54) is 11.3 Å². The van der Waals surface area contributed by atoms with Gasteiger partial charge in [0, 0.05) is 23.9 Å². The van der Waals surface area contributed by atoms with Gasteiger partial charge in [-0.15, -0.1) is 11.3 Å². The van der Waals surface area contributed by atoms with E-state index in [1.54, 1.807) is 11.8 Å². The number of rotatable bonds is 8. The number of likely N-dealkylation sites (tertiary alicyclic amines) is 1. The molecule has 1 aliphatic rings. The van der Waals surface area contributed by atoms with E-state index in [0.29, 0.717) is 48.7 Å². The number of hydrogen-bond acceptors (Lipinski definition) is 6. The summed E-state index contributed by atoms with van der Waals surface area (Å²) in [6.07, 6.45) is 1.84. The highest BCUT2D eigenvalue weighted by Gasteiger charge is 2.30. The third-order valence-electron chi connectivity index (χ3n) is 5.60. The molecule has 0 unspecified atom stereocenters. The van der Waals surface area contributed by atoms with Gasteiger partial charge in [-0.25, -0.2) is 4.79 Å². The predicted octanol–water partition coefficient (Wildman–Crippen LogP) is 4.05. The zero-order chi connectivity index (χ0) is 23.1. The average Bonchev–Trinajstić information content (AvgIpc) is 3.13. The summed E-state index contributed by atoms with van der Waals surface area (Å²) >= 11 is 1.41. The SMILES string of the molecule is CCOC(=O)c1c(NC(=O)C2CCN(C(=O)COc3ccccc3)CC2)sc(C)c1CC. The number of ether oxygens (including phenoxy) is 2. The van der Waals surface area contributed by atoms with Gasteiger partial charge in [-0.1, -0.05) is 25.1 Å². The summed E-state index contributed by atoms with van der Waals surface area (Å²) in [5.74, 6) is -0.157. The van der Waals surface area contributed by atoms with Gasteiger partial charge in [0.15, 0.2) is 6.61 Å². The number of piperidine rings is 1. The first-order valence-corrected chi connectivity index (χ1v) is 11.8. The second-order valence-corrected chi connectivity index (χ2v) is 8.89. The van der Waals surface area contributed by atoms with Gasteiger partial charge < -0.3 is 19.7 Å². The van der Waals surface area contributed by atoms with Crippen molar-refractivity contribution in [3.05, 3.63) is 46.3 Å². The van der Waals surface area contributed by atoms with Gasteiger partial charge >= 0.3 is 5.97 Å². The first-order valence-electron chi connectivity index (χ1n) is 11.0. The molecule has 172 valence electrons. The Balaban J connectivity index is 1.56. The van der Waals surface area contributed by atoms with Crippen LogP contribution in [-0.4, -0.2) is 49.0 Å². The molecule has 1 aromatic heterocycles. The van der Waals surface area contributed by atoms with E-state index in [9.17, 15) is 14.4 Å². The minimum absolute atomic E-state index is 0.0158. The molecule has 7 nitrogen and oxygen atoms in total. The monoisotopic (exact) mass is 458 g/mol. The Kier molecular flexibility index (Phi) is 8.27. The fraction of sp³-hybridized carbons (Fsp3) is 0.458. The summed E-state index contributed by atoms with van der Waals surface area (Å²) in [5.41, 5.74) is 1.39. The number of esters is 1. The Hall–Kier alpha value is -2.87. The fourth-order valence-electron chi connectivity index (χ4n) is 3.87. The van der Waals surface area contributed by atoms with Crippen molar-refractivity contribution in [2.24, 2.45) is 5.92 Å². The van der Waals surface area contributed by atoms with Crippen LogP contribution in [0.1, 0.15) is 47.5 Å². The van der Waals surface area contributed by atoms with Crippen LogP contribution >= 0.6 is 11.3 Å². The Morgan fingerprint density at radius 3 is 2.44 bits per heavy atom. The summed E-state index contributed by atoms with van der Waals surface area (Å²) in [4.78, 5) is 40.6. The zero-order valence-electron chi connectivity index (χ0n) is 18.8. The van der Waals surface area contributed by atoms with Crippen LogP contribution in [0.5, 0.6) is 5.75 Å². The lowest BCUT2D eigenvalue weighted by molar-refractivity contribution is -0.136. The Bertz CT molecular complexity index is 949. The number of carbonyl (C=O) groups excluding carboxylic acids is 3. The van der Waals surface area contributed by atoms with Crippen LogP contribution in [-0.2, 0) is 20.7 Å². The van der Waals surface area contributed by atoms with E-state index >= 15 is 0 Å². The third kappa shape index (κ3) is 5.68. The molecule has 32 heavy (non-hydrogen) atoms. The molecule has 0 bridgehead atoms. The lowest BCUT2D eigenvalue weighted by atomic mass is 9.96. The van der Waals surface area contributed by atoms with Gasteiger partial charge in [-0.2, -0.15) is 0 Å². The number of benzene rings is 1. The Morgan fingerprint density at radius 1 is 1.12 bits per heavy atom. The van der Waals surface area contributed by atoms with E-state index in [-0.39, 0.29) is 30.9 Å². The molecule has 0 saturated carbocycles. The van der Waals surface area contributed by atoms with E-state index in [4.69, 9.17) is 9.47 Å². The molecule has 1 aliphatic heterocycles. The molecule has 0 spiro atoms. The topological polar surface area (TPSA) is 84.9 Å². The third-order valence-corrected chi connectivity index (χ3v) is 6.67. The summed E-state index contributed by atoms with van der Waals surface area (Å²) < 4.78 is 10.7. The summed E-state index contributed by atoms with van der Waals surface area (Å²) in [5, 5.41) is 3.51. The second kappa shape index (κ2) is 11.1. The minimum atomic E-state index is -0.400. The molecule has 3 rings (SSSR count). The molecule has 8 heteroatoms. The maximum absolute atomic E-state index is 12.9. The lowest BCUT2D eigenvalue weighted by Gasteiger charge is -2.31. The highest BCUT2D eigenvalue weighted by Crippen LogP contribution is 2.35. The smallest absolute Gasteiger partial charge is 0.341 e. The maximum atomic E-state index is 12.9. The van der Waals surface area contributed by atoms with Crippen LogP contribution in [0.15, 0.2) is 30.3 Å². The summed E-state index contributed by atoms with van der Waals surface area (Å²) in [6.45, 7) is 6.97. The molecule has 2 aromatic rings. The number of nitrogens with zero attached hydrogens (tertiary/aromatic N) is 1. The maximum Gasteiger partial charge on any atom is 0.341 e. The number of hydrogen-bond donors (Lipinski definition) is 1. The van der Waals surface area contributed by atoms with Crippen molar-refractivity contribution in [3.63, 3.8) is 0 Å². The Labute approximate surface area is 192 Å². The number of aryl methyl sites for hydroxylation is 1. The molecular weight excluding hydrogens is 428 g/mol. The molecule has 0 atom stereocenters. The number of carbonyl (C=O) groups is 3. The zero-order valence-corrected chi connectivity index (χ0v) is 19.6.